The highest BCUT2D eigenvalue weighted by Crippen LogP contribution is 2.24. The largest absolute Gasteiger partial charge is 0.492 e. The molecule has 0 saturated heterocycles. The summed E-state index contributed by atoms with van der Waals surface area (Å²) in [4.78, 5) is 8.64. The van der Waals surface area contributed by atoms with Crippen LogP contribution in [0.3, 0.4) is 0 Å². The highest BCUT2D eigenvalue weighted by Gasteiger charge is 2.07. The average Bonchev–Trinajstić information content (AvgIpc) is 3.17. The standard InChI is InChI=1S/C21H24ClN3O2S/c1-2-3-21-25-18(14-28-21)15-4-7-17(8-5-15)27-11-10-23-13-19(26)16-6-9-20(22)24-12-16/h4-9,12,14,19,23,26H,2-3,10-11,13H2,1H3/t19-/m0/s1. The van der Waals surface area contributed by atoms with E-state index in [0.717, 1.165) is 35.4 Å². The van der Waals surface area contributed by atoms with Crippen LogP contribution in [0.5, 0.6) is 5.75 Å². The molecular weight excluding hydrogens is 394 g/mol. The summed E-state index contributed by atoms with van der Waals surface area (Å²) in [5, 5.41) is 17.0. The number of hydrogen-bond donors (Lipinski definition) is 2. The molecule has 0 bridgehead atoms. The second-order valence-corrected chi connectivity index (χ2v) is 7.71. The molecule has 3 aromatic rings. The van der Waals surface area contributed by atoms with Gasteiger partial charge in [0.1, 0.15) is 17.5 Å². The molecule has 0 aliphatic rings. The maximum Gasteiger partial charge on any atom is 0.129 e. The van der Waals surface area contributed by atoms with Crippen LogP contribution in [0, 0.1) is 0 Å². The second kappa shape index (κ2) is 10.5. The number of ether oxygens (including phenoxy) is 1. The van der Waals surface area contributed by atoms with Crippen molar-refractivity contribution in [3.8, 4) is 17.0 Å². The molecule has 7 heteroatoms. The van der Waals surface area contributed by atoms with Crippen molar-refractivity contribution in [3.05, 3.63) is 63.7 Å². The molecule has 0 spiro atoms. The number of nitrogens with zero attached hydrogens (tertiary/aromatic N) is 2. The Labute approximate surface area is 174 Å². The fraction of sp³-hybridized carbons (Fsp3) is 0.333. The lowest BCUT2D eigenvalue weighted by Crippen LogP contribution is -2.26. The van der Waals surface area contributed by atoms with E-state index in [0.29, 0.717) is 24.8 Å². The van der Waals surface area contributed by atoms with E-state index in [9.17, 15) is 5.11 Å². The van der Waals surface area contributed by atoms with Gasteiger partial charge in [-0.3, -0.25) is 0 Å². The smallest absolute Gasteiger partial charge is 0.129 e. The number of aryl methyl sites for hydroxylation is 1. The van der Waals surface area contributed by atoms with E-state index < -0.39 is 6.10 Å². The highest BCUT2D eigenvalue weighted by atomic mass is 35.5. The number of rotatable bonds is 10. The van der Waals surface area contributed by atoms with Gasteiger partial charge in [0.15, 0.2) is 0 Å². The van der Waals surface area contributed by atoms with Crippen LogP contribution < -0.4 is 10.1 Å². The van der Waals surface area contributed by atoms with Crippen LogP contribution in [0.15, 0.2) is 48.0 Å². The number of pyridine rings is 1. The van der Waals surface area contributed by atoms with Crippen molar-refractivity contribution in [2.45, 2.75) is 25.9 Å². The molecule has 2 N–H and O–H groups in total. The van der Waals surface area contributed by atoms with Gasteiger partial charge < -0.3 is 15.2 Å². The molecule has 0 aliphatic heterocycles. The van der Waals surface area contributed by atoms with Gasteiger partial charge in [-0.1, -0.05) is 24.6 Å². The summed E-state index contributed by atoms with van der Waals surface area (Å²) in [7, 11) is 0. The van der Waals surface area contributed by atoms with E-state index >= 15 is 0 Å². The quantitative estimate of drug-likeness (QED) is 0.375. The van der Waals surface area contributed by atoms with Crippen LogP contribution in [-0.4, -0.2) is 34.8 Å². The lowest BCUT2D eigenvalue weighted by atomic mass is 10.1. The maximum absolute atomic E-state index is 10.1. The van der Waals surface area contributed by atoms with Crippen LogP contribution in [0.25, 0.3) is 11.3 Å². The molecular formula is C21H24ClN3O2S. The Bertz CT molecular complexity index is 853. The molecule has 3 rings (SSSR count). The number of aromatic nitrogens is 2. The van der Waals surface area contributed by atoms with Crippen LogP contribution in [0.1, 0.15) is 30.0 Å². The molecule has 1 aromatic carbocycles. The molecule has 0 unspecified atom stereocenters. The predicted molar refractivity (Wildman–Crippen MR) is 114 cm³/mol. The molecule has 0 aliphatic carbocycles. The van der Waals surface area contributed by atoms with Crippen LogP contribution >= 0.6 is 22.9 Å². The summed E-state index contributed by atoms with van der Waals surface area (Å²) in [6.45, 7) is 3.74. The second-order valence-electron chi connectivity index (χ2n) is 6.38. The number of thiazole rings is 1. The molecule has 0 fully saturated rings. The summed E-state index contributed by atoms with van der Waals surface area (Å²) in [5.41, 5.74) is 2.86. The molecule has 0 radical (unpaired) electrons. The Morgan fingerprint density at radius 1 is 1.21 bits per heavy atom. The van der Waals surface area contributed by atoms with Gasteiger partial charge in [-0.2, -0.15) is 0 Å². The molecule has 2 aromatic heterocycles. The first-order chi connectivity index (χ1) is 13.7. The number of benzene rings is 1. The SMILES string of the molecule is CCCc1nc(-c2ccc(OCCNC[C@H](O)c3ccc(Cl)nc3)cc2)cs1. The third kappa shape index (κ3) is 6.01. The minimum Gasteiger partial charge on any atom is -0.492 e. The van der Waals surface area contributed by atoms with Gasteiger partial charge in [0, 0.05) is 35.8 Å². The van der Waals surface area contributed by atoms with Crippen molar-refractivity contribution in [2.75, 3.05) is 19.7 Å². The van der Waals surface area contributed by atoms with Crippen molar-refractivity contribution in [1.82, 2.24) is 15.3 Å². The predicted octanol–water partition coefficient (Wildman–Crippen LogP) is 4.51. The zero-order valence-corrected chi connectivity index (χ0v) is 17.3. The number of halogens is 1. The van der Waals surface area contributed by atoms with Crippen molar-refractivity contribution >= 4 is 22.9 Å². The fourth-order valence-electron chi connectivity index (χ4n) is 2.68. The molecule has 2 heterocycles. The maximum atomic E-state index is 10.1. The number of nitrogens with one attached hydrogen (secondary N) is 1. The Kier molecular flexibility index (Phi) is 7.80. The lowest BCUT2D eigenvalue weighted by molar-refractivity contribution is 0.171. The van der Waals surface area contributed by atoms with E-state index in [1.165, 1.54) is 5.01 Å². The normalized spacial score (nSPS) is 12.1. The summed E-state index contributed by atoms with van der Waals surface area (Å²) in [5.74, 6) is 0.817. The minimum atomic E-state index is -0.625. The van der Waals surface area contributed by atoms with E-state index in [2.05, 4.69) is 27.6 Å². The zero-order chi connectivity index (χ0) is 19.8. The van der Waals surface area contributed by atoms with Gasteiger partial charge in [-0.25, -0.2) is 9.97 Å². The summed E-state index contributed by atoms with van der Waals surface area (Å²) in [6, 6.07) is 11.4. The van der Waals surface area contributed by atoms with Gasteiger partial charge in [0.25, 0.3) is 0 Å². The van der Waals surface area contributed by atoms with Gasteiger partial charge in [0.2, 0.25) is 0 Å². The summed E-state index contributed by atoms with van der Waals surface area (Å²) < 4.78 is 5.75. The highest BCUT2D eigenvalue weighted by molar-refractivity contribution is 7.09. The number of hydrogen-bond acceptors (Lipinski definition) is 6. The summed E-state index contributed by atoms with van der Waals surface area (Å²) >= 11 is 7.46. The van der Waals surface area contributed by atoms with Crippen LogP contribution in [0.2, 0.25) is 5.15 Å². The molecule has 148 valence electrons. The third-order valence-corrected chi connectivity index (χ3v) is 5.32. The first-order valence-corrected chi connectivity index (χ1v) is 10.6. The van der Waals surface area contributed by atoms with Gasteiger partial charge >= 0.3 is 0 Å². The van der Waals surface area contributed by atoms with Crippen molar-refractivity contribution in [2.24, 2.45) is 0 Å². The molecule has 0 saturated carbocycles. The molecule has 0 amide bonds. The Morgan fingerprint density at radius 2 is 2.04 bits per heavy atom. The number of aliphatic hydroxyl groups excluding tert-OH is 1. The van der Waals surface area contributed by atoms with Gasteiger partial charge in [-0.15, -0.1) is 11.3 Å². The van der Waals surface area contributed by atoms with Crippen molar-refractivity contribution in [3.63, 3.8) is 0 Å². The Morgan fingerprint density at radius 3 is 2.75 bits per heavy atom. The van der Waals surface area contributed by atoms with Gasteiger partial charge in [-0.05, 0) is 43.2 Å². The first kappa shape index (κ1) is 20.7. The van der Waals surface area contributed by atoms with E-state index in [-0.39, 0.29) is 0 Å². The Balaban J connectivity index is 1.39. The van der Waals surface area contributed by atoms with E-state index in [1.54, 1.807) is 29.7 Å². The van der Waals surface area contributed by atoms with Crippen molar-refractivity contribution in [1.29, 1.82) is 0 Å². The minimum absolute atomic E-state index is 0.416. The van der Waals surface area contributed by atoms with Crippen LogP contribution in [-0.2, 0) is 6.42 Å². The summed E-state index contributed by atoms with van der Waals surface area (Å²) in [6.07, 6.45) is 3.10. The van der Waals surface area contributed by atoms with Crippen LogP contribution in [0.4, 0.5) is 0 Å². The topological polar surface area (TPSA) is 67.3 Å². The molecule has 1 atom stereocenters. The van der Waals surface area contributed by atoms with E-state index in [4.69, 9.17) is 16.3 Å². The van der Waals surface area contributed by atoms with Gasteiger partial charge in [0.05, 0.1) is 16.8 Å². The first-order valence-electron chi connectivity index (χ1n) is 9.33. The molecule has 28 heavy (non-hydrogen) atoms. The fourth-order valence-corrected chi connectivity index (χ4v) is 3.70. The lowest BCUT2D eigenvalue weighted by Gasteiger charge is -2.12. The Hall–Kier alpha value is -1.99. The third-order valence-electron chi connectivity index (χ3n) is 4.19. The van der Waals surface area contributed by atoms with E-state index in [1.807, 2.05) is 24.3 Å². The monoisotopic (exact) mass is 417 g/mol. The zero-order valence-electron chi connectivity index (χ0n) is 15.8. The molecule has 5 nitrogen and oxygen atoms in total. The number of aliphatic hydroxyl groups is 1. The average molecular weight is 418 g/mol. The van der Waals surface area contributed by atoms with Crippen molar-refractivity contribution < 1.29 is 9.84 Å².